The Kier molecular flexibility index (Phi) is 3.74. The molecule has 1 unspecified atom stereocenters. The van der Waals surface area contributed by atoms with Crippen LogP contribution < -0.4 is 5.32 Å². The van der Waals surface area contributed by atoms with Crippen molar-refractivity contribution < 1.29 is 9.59 Å². The van der Waals surface area contributed by atoms with Crippen molar-refractivity contribution in [1.29, 1.82) is 0 Å². The number of amides is 3. The van der Waals surface area contributed by atoms with Gasteiger partial charge in [0.15, 0.2) is 5.54 Å². The number of pyridine rings is 1. The van der Waals surface area contributed by atoms with Gasteiger partial charge in [-0.25, -0.2) is 9.78 Å². The van der Waals surface area contributed by atoms with Gasteiger partial charge in [-0.2, -0.15) is 0 Å². The average molecular weight is 372 g/mol. The first-order chi connectivity index (χ1) is 12.0. The Morgan fingerprint density at radius 3 is 2.80 bits per heavy atom. The predicted molar refractivity (Wildman–Crippen MR) is 97.5 cm³/mol. The van der Waals surface area contributed by atoms with Crippen molar-refractivity contribution in [3.63, 3.8) is 0 Å². The Morgan fingerprint density at radius 2 is 2.04 bits per heavy atom. The number of para-hydroxylation sites is 1. The molecule has 1 aliphatic heterocycles. The lowest BCUT2D eigenvalue weighted by molar-refractivity contribution is -0.131. The number of nitrogens with zero attached hydrogens (tertiary/aromatic N) is 2. The lowest BCUT2D eigenvalue weighted by atomic mass is 10.0. The number of fused-ring (bicyclic) bond motifs is 1. The van der Waals surface area contributed by atoms with Gasteiger partial charge in [0.05, 0.1) is 12.1 Å². The van der Waals surface area contributed by atoms with Crippen LogP contribution in [0.1, 0.15) is 17.4 Å². The van der Waals surface area contributed by atoms with Gasteiger partial charge in [-0.1, -0.05) is 35.9 Å². The van der Waals surface area contributed by atoms with Crippen molar-refractivity contribution in [2.45, 2.75) is 19.0 Å². The normalized spacial score (nSPS) is 20.3. The fourth-order valence-electron chi connectivity index (χ4n) is 2.99. The molecule has 1 N–H and O–H groups in total. The number of halogens is 1. The third-order valence-electron chi connectivity index (χ3n) is 4.37. The number of urea groups is 1. The lowest BCUT2D eigenvalue weighted by Gasteiger charge is -2.20. The highest BCUT2D eigenvalue weighted by Crippen LogP contribution is 2.33. The minimum Gasteiger partial charge on any atom is -0.319 e. The molecule has 1 fully saturated rings. The SMILES string of the molecule is CC1(c2cccs2)NC(=O)N(Cc2cc3ccccc3nc2Cl)C1=O. The van der Waals surface area contributed by atoms with E-state index in [4.69, 9.17) is 11.6 Å². The molecule has 2 aromatic heterocycles. The van der Waals surface area contributed by atoms with Crippen LogP contribution in [0.5, 0.6) is 0 Å². The van der Waals surface area contributed by atoms with E-state index >= 15 is 0 Å². The van der Waals surface area contributed by atoms with Gasteiger partial charge in [0, 0.05) is 15.8 Å². The highest BCUT2D eigenvalue weighted by atomic mass is 35.5. The molecular formula is C18H14ClN3O2S. The van der Waals surface area contributed by atoms with Crippen LogP contribution in [0.3, 0.4) is 0 Å². The molecule has 0 bridgehead atoms. The molecular weight excluding hydrogens is 358 g/mol. The monoisotopic (exact) mass is 371 g/mol. The summed E-state index contributed by atoms with van der Waals surface area (Å²) in [6, 6.07) is 12.7. The molecule has 0 saturated carbocycles. The maximum atomic E-state index is 12.9. The van der Waals surface area contributed by atoms with Crippen molar-refractivity contribution in [2.75, 3.05) is 0 Å². The molecule has 5 nitrogen and oxygen atoms in total. The third kappa shape index (κ3) is 2.58. The zero-order valence-electron chi connectivity index (χ0n) is 13.3. The number of hydrogen-bond acceptors (Lipinski definition) is 4. The molecule has 1 aromatic carbocycles. The molecule has 3 heterocycles. The van der Waals surface area contributed by atoms with E-state index in [1.165, 1.54) is 16.2 Å². The Balaban J connectivity index is 1.68. The van der Waals surface area contributed by atoms with Crippen LogP contribution >= 0.6 is 22.9 Å². The van der Waals surface area contributed by atoms with E-state index in [0.29, 0.717) is 10.7 Å². The quantitative estimate of drug-likeness (QED) is 0.560. The van der Waals surface area contributed by atoms with Crippen molar-refractivity contribution in [2.24, 2.45) is 0 Å². The molecule has 126 valence electrons. The number of rotatable bonds is 3. The first-order valence-corrected chi connectivity index (χ1v) is 8.97. The summed E-state index contributed by atoms with van der Waals surface area (Å²) in [4.78, 5) is 31.7. The molecule has 0 radical (unpaired) electrons. The number of nitrogens with one attached hydrogen (secondary N) is 1. The molecule has 25 heavy (non-hydrogen) atoms. The van der Waals surface area contributed by atoms with Gasteiger partial charge < -0.3 is 5.32 Å². The fourth-order valence-corrected chi connectivity index (χ4v) is 4.03. The number of aromatic nitrogens is 1. The van der Waals surface area contributed by atoms with Crippen LogP contribution in [0.15, 0.2) is 47.8 Å². The van der Waals surface area contributed by atoms with Gasteiger partial charge in [0.25, 0.3) is 5.91 Å². The smallest absolute Gasteiger partial charge is 0.319 e. The van der Waals surface area contributed by atoms with E-state index in [0.717, 1.165) is 15.8 Å². The van der Waals surface area contributed by atoms with Crippen LogP contribution in [-0.2, 0) is 16.9 Å². The molecule has 7 heteroatoms. The molecule has 0 aliphatic carbocycles. The first kappa shape index (κ1) is 16.1. The van der Waals surface area contributed by atoms with Crippen LogP contribution in [0.4, 0.5) is 4.79 Å². The van der Waals surface area contributed by atoms with Gasteiger partial charge in [-0.15, -0.1) is 11.3 Å². The van der Waals surface area contributed by atoms with E-state index in [-0.39, 0.29) is 12.5 Å². The van der Waals surface area contributed by atoms with E-state index < -0.39 is 11.6 Å². The number of carbonyl (C=O) groups is 2. The van der Waals surface area contributed by atoms with Crippen LogP contribution in [0.2, 0.25) is 5.15 Å². The molecule has 1 atom stereocenters. The number of hydrogen-bond donors (Lipinski definition) is 1. The number of thiophene rings is 1. The number of carbonyl (C=O) groups excluding carboxylic acids is 2. The standard InChI is InChI=1S/C18H14ClN3O2S/c1-18(14-7-4-8-25-14)16(23)22(17(24)21-18)10-12-9-11-5-2-3-6-13(11)20-15(12)19/h2-9H,10H2,1H3,(H,21,24). The minimum atomic E-state index is -1.04. The summed E-state index contributed by atoms with van der Waals surface area (Å²) in [6.45, 7) is 1.81. The fraction of sp³-hybridized carbons (Fsp3) is 0.167. The topological polar surface area (TPSA) is 62.3 Å². The Morgan fingerprint density at radius 1 is 1.24 bits per heavy atom. The van der Waals surface area contributed by atoms with E-state index in [2.05, 4.69) is 10.3 Å². The largest absolute Gasteiger partial charge is 0.325 e. The van der Waals surface area contributed by atoms with E-state index in [1.54, 1.807) is 6.92 Å². The van der Waals surface area contributed by atoms with Crippen LogP contribution in [-0.4, -0.2) is 21.8 Å². The van der Waals surface area contributed by atoms with Crippen LogP contribution in [0.25, 0.3) is 10.9 Å². The second kappa shape index (κ2) is 5.82. The van der Waals surface area contributed by atoms with E-state index in [9.17, 15) is 9.59 Å². The van der Waals surface area contributed by atoms with Crippen molar-refractivity contribution >= 4 is 45.8 Å². The van der Waals surface area contributed by atoms with Gasteiger partial charge in [-0.05, 0) is 30.5 Å². The van der Waals surface area contributed by atoms with Gasteiger partial charge >= 0.3 is 6.03 Å². The van der Waals surface area contributed by atoms with Crippen molar-refractivity contribution in [1.82, 2.24) is 15.2 Å². The maximum absolute atomic E-state index is 12.9. The molecule has 1 aliphatic rings. The highest BCUT2D eigenvalue weighted by Gasteiger charge is 2.49. The molecule has 3 aromatic rings. The highest BCUT2D eigenvalue weighted by molar-refractivity contribution is 7.10. The van der Waals surface area contributed by atoms with Crippen molar-refractivity contribution in [3.8, 4) is 0 Å². The zero-order valence-corrected chi connectivity index (χ0v) is 14.9. The Hall–Kier alpha value is -2.44. The van der Waals surface area contributed by atoms with E-state index in [1.807, 2.05) is 47.8 Å². The number of imide groups is 1. The summed E-state index contributed by atoms with van der Waals surface area (Å²) in [5.41, 5.74) is 0.373. The van der Waals surface area contributed by atoms with Gasteiger partial charge in [0.1, 0.15) is 5.15 Å². The second-order valence-electron chi connectivity index (χ2n) is 6.05. The Bertz CT molecular complexity index is 989. The molecule has 4 rings (SSSR count). The number of benzene rings is 1. The summed E-state index contributed by atoms with van der Waals surface area (Å²) >= 11 is 7.71. The average Bonchev–Trinajstić information content (AvgIpc) is 3.20. The summed E-state index contributed by atoms with van der Waals surface area (Å²) < 4.78 is 0. The summed E-state index contributed by atoms with van der Waals surface area (Å²) in [7, 11) is 0. The molecule has 3 amide bonds. The first-order valence-electron chi connectivity index (χ1n) is 7.71. The van der Waals surface area contributed by atoms with Gasteiger partial charge in [-0.3, -0.25) is 9.69 Å². The predicted octanol–water partition coefficient (Wildman–Crippen LogP) is 3.92. The minimum absolute atomic E-state index is 0.0856. The second-order valence-corrected chi connectivity index (χ2v) is 7.36. The lowest BCUT2D eigenvalue weighted by Crippen LogP contribution is -2.40. The third-order valence-corrected chi connectivity index (χ3v) is 5.79. The summed E-state index contributed by atoms with van der Waals surface area (Å²) in [6.07, 6.45) is 0. The molecule has 0 spiro atoms. The zero-order chi connectivity index (χ0) is 17.6. The molecule has 1 saturated heterocycles. The maximum Gasteiger partial charge on any atom is 0.325 e. The van der Waals surface area contributed by atoms with Gasteiger partial charge in [0.2, 0.25) is 0 Å². The van der Waals surface area contributed by atoms with Crippen LogP contribution in [0, 0.1) is 0 Å². The van der Waals surface area contributed by atoms with Crippen molar-refractivity contribution in [3.05, 3.63) is 63.4 Å². The summed E-state index contributed by atoms with van der Waals surface area (Å²) in [5.74, 6) is -0.288. The summed E-state index contributed by atoms with van der Waals surface area (Å²) in [5, 5.41) is 5.88. The Labute approximate surface area is 153 Å².